The number of aromatic hydroxyl groups is 2. The number of rotatable bonds is 5. The SMILES string of the molecule is CC.CC.Cc1cc(Cn2nnc(C(N)=O)c2C)cc(O)c1C(=O)c1ccc(O)cc1. The first-order valence-electron chi connectivity index (χ1n) is 10.1. The van der Waals surface area contributed by atoms with E-state index in [0.717, 1.165) is 0 Å². The summed E-state index contributed by atoms with van der Waals surface area (Å²) in [6, 6.07) is 9.06. The normalized spacial score (nSPS) is 9.74. The fourth-order valence-corrected chi connectivity index (χ4v) is 2.90. The molecule has 0 saturated carbocycles. The highest BCUT2D eigenvalue weighted by Gasteiger charge is 2.19. The van der Waals surface area contributed by atoms with Gasteiger partial charge < -0.3 is 15.9 Å². The van der Waals surface area contributed by atoms with Gasteiger partial charge in [0.15, 0.2) is 11.5 Å². The lowest BCUT2D eigenvalue weighted by molar-refractivity contribution is 0.0993. The monoisotopic (exact) mass is 426 g/mol. The number of phenolic OH excluding ortho intramolecular Hbond substituents is 2. The van der Waals surface area contributed by atoms with Gasteiger partial charge in [-0.2, -0.15) is 0 Å². The van der Waals surface area contributed by atoms with E-state index in [1.54, 1.807) is 19.9 Å². The highest BCUT2D eigenvalue weighted by molar-refractivity contribution is 6.11. The molecule has 0 fully saturated rings. The molecule has 166 valence electrons. The van der Waals surface area contributed by atoms with Crippen molar-refractivity contribution in [3.63, 3.8) is 0 Å². The van der Waals surface area contributed by atoms with Crippen molar-refractivity contribution >= 4 is 11.7 Å². The number of hydrogen-bond donors (Lipinski definition) is 3. The number of aryl methyl sites for hydroxylation is 1. The quantitative estimate of drug-likeness (QED) is 0.533. The van der Waals surface area contributed by atoms with Crippen LogP contribution in [0.4, 0.5) is 0 Å². The molecule has 1 aromatic heterocycles. The molecule has 0 unspecified atom stereocenters. The van der Waals surface area contributed by atoms with Crippen LogP contribution in [0.15, 0.2) is 36.4 Å². The molecule has 8 heteroatoms. The van der Waals surface area contributed by atoms with E-state index >= 15 is 0 Å². The van der Waals surface area contributed by atoms with Crippen LogP contribution in [0.2, 0.25) is 0 Å². The standard InChI is InChI=1S/C19H18N4O4.2C2H6/c1-10-7-12(9-23-11(2)17(19(20)27)21-22-23)8-15(25)16(10)18(26)13-3-5-14(24)6-4-13;2*1-2/h3-8,24-25H,9H2,1-2H3,(H2,20,27);2*1-2H3. The Hall–Kier alpha value is -3.68. The number of nitrogens with zero attached hydrogens (tertiary/aromatic N) is 3. The molecule has 0 atom stereocenters. The summed E-state index contributed by atoms with van der Waals surface area (Å²) in [6.45, 7) is 11.7. The lowest BCUT2D eigenvalue weighted by Crippen LogP contribution is -2.14. The summed E-state index contributed by atoms with van der Waals surface area (Å²) >= 11 is 0. The van der Waals surface area contributed by atoms with E-state index in [0.29, 0.717) is 22.4 Å². The third kappa shape index (κ3) is 5.91. The van der Waals surface area contributed by atoms with E-state index in [9.17, 15) is 19.8 Å². The lowest BCUT2D eigenvalue weighted by Gasteiger charge is -2.11. The van der Waals surface area contributed by atoms with Crippen LogP contribution < -0.4 is 5.73 Å². The molecule has 0 radical (unpaired) electrons. The van der Waals surface area contributed by atoms with Crippen molar-refractivity contribution in [2.75, 3.05) is 0 Å². The van der Waals surface area contributed by atoms with Crippen LogP contribution in [0.1, 0.15) is 70.9 Å². The van der Waals surface area contributed by atoms with Gasteiger partial charge in [0.2, 0.25) is 0 Å². The lowest BCUT2D eigenvalue weighted by atomic mass is 9.96. The molecule has 3 aromatic rings. The number of ketones is 1. The topological polar surface area (TPSA) is 131 Å². The zero-order valence-electron chi connectivity index (χ0n) is 18.8. The zero-order chi connectivity index (χ0) is 23.7. The molecule has 8 nitrogen and oxygen atoms in total. The number of phenols is 2. The second-order valence-corrected chi connectivity index (χ2v) is 6.23. The third-order valence-corrected chi connectivity index (χ3v) is 4.28. The van der Waals surface area contributed by atoms with Crippen molar-refractivity contribution < 1.29 is 19.8 Å². The fourth-order valence-electron chi connectivity index (χ4n) is 2.90. The molecule has 3 rings (SSSR count). The van der Waals surface area contributed by atoms with Crippen LogP contribution in [-0.2, 0) is 6.54 Å². The predicted octanol–water partition coefficient (Wildman–Crippen LogP) is 3.74. The Balaban J connectivity index is 0.00000113. The van der Waals surface area contributed by atoms with Gasteiger partial charge in [0.05, 0.1) is 17.8 Å². The van der Waals surface area contributed by atoms with Gasteiger partial charge in [-0.25, -0.2) is 4.68 Å². The first-order valence-corrected chi connectivity index (χ1v) is 10.1. The van der Waals surface area contributed by atoms with Gasteiger partial charge in [0.25, 0.3) is 5.91 Å². The van der Waals surface area contributed by atoms with Crippen LogP contribution in [0.3, 0.4) is 0 Å². The Labute approximate surface area is 182 Å². The van der Waals surface area contributed by atoms with Crippen LogP contribution in [0, 0.1) is 13.8 Å². The predicted molar refractivity (Wildman–Crippen MR) is 119 cm³/mol. The van der Waals surface area contributed by atoms with Crippen molar-refractivity contribution in [2.45, 2.75) is 48.1 Å². The van der Waals surface area contributed by atoms with Gasteiger partial charge in [-0.05, 0) is 55.3 Å². The van der Waals surface area contributed by atoms with Gasteiger partial charge in [0, 0.05) is 5.56 Å². The average Bonchev–Trinajstić information content (AvgIpc) is 3.11. The minimum Gasteiger partial charge on any atom is -0.508 e. The number of primary amides is 1. The fraction of sp³-hybridized carbons (Fsp3) is 0.304. The third-order valence-electron chi connectivity index (χ3n) is 4.28. The first-order chi connectivity index (χ1) is 14.8. The maximum Gasteiger partial charge on any atom is 0.271 e. The number of aromatic nitrogens is 3. The van der Waals surface area contributed by atoms with Crippen molar-refractivity contribution in [1.29, 1.82) is 0 Å². The van der Waals surface area contributed by atoms with Gasteiger partial charge in [-0.15, -0.1) is 5.10 Å². The maximum atomic E-state index is 12.7. The maximum absolute atomic E-state index is 12.7. The number of hydrogen-bond acceptors (Lipinski definition) is 6. The summed E-state index contributed by atoms with van der Waals surface area (Å²) in [7, 11) is 0. The van der Waals surface area contributed by atoms with Gasteiger partial charge in [-0.1, -0.05) is 39.0 Å². The van der Waals surface area contributed by atoms with Gasteiger partial charge >= 0.3 is 0 Å². The highest BCUT2D eigenvalue weighted by Crippen LogP contribution is 2.27. The highest BCUT2D eigenvalue weighted by atomic mass is 16.3. The average molecular weight is 427 g/mol. The Bertz CT molecular complexity index is 1020. The molecule has 1 amide bonds. The van der Waals surface area contributed by atoms with Crippen molar-refractivity contribution in [3.05, 3.63) is 70.0 Å². The van der Waals surface area contributed by atoms with E-state index < -0.39 is 5.91 Å². The van der Waals surface area contributed by atoms with Crippen LogP contribution >= 0.6 is 0 Å². The molecule has 1 heterocycles. The summed E-state index contributed by atoms with van der Waals surface area (Å²) in [5.41, 5.74) is 7.68. The molecule has 0 aliphatic heterocycles. The van der Waals surface area contributed by atoms with E-state index in [2.05, 4.69) is 10.3 Å². The van der Waals surface area contributed by atoms with Gasteiger partial charge in [0.1, 0.15) is 11.5 Å². The molecular formula is C23H30N4O4. The number of nitrogens with two attached hydrogens (primary N) is 1. The van der Waals surface area contributed by atoms with E-state index in [4.69, 9.17) is 5.73 Å². The molecule has 0 aliphatic carbocycles. The van der Waals surface area contributed by atoms with Crippen molar-refractivity contribution in [2.24, 2.45) is 5.73 Å². The Morgan fingerprint density at radius 3 is 2.06 bits per heavy atom. The minimum absolute atomic E-state index is 0.0568. The second-order valence-electron chi connectivity index (χ2n) is 6.23. The Morgan fingerprint density at radius 1 is 1.00 bits per heavy atom. The summed E-state index contributed by atoms with van der Waals surface area (Å²) in [5, 5.41) is 27.4. The molecule has 31 heavy (non-hydrogen) atoms. The number of benzene rings is 2. The van der Waals surface area contributed by atoms with Crippen molar-refractivity contribution in [1.82, 2.24) is 15.0 Å². The smallest absolute Gasteiger partial charge is 0.271 e. The summed E-state index contributed by atoms with van der Waals surface area (Å²) < 4.78 is 1.50. The molecule has 2 aromatic carbocycles. The van der Waals surface area contributed by atoms with Crippen molar-refractivity contribution in [3.8, 4) is 11.5 Å². The number of carbonyl (C=O) groups excluding carboxylic acids is 2. The van der Waals surface area contributed by atoms with Crippen LogP contribution in [0.25, 0.3) is 0 Å². The number of carbonyl (C=O) groups is 2. The summed E-state index contributed by atoms with van der Waals surface area (Å²) in [5.74, 6) is -1.10. The van der Waals surface area contributed by atoms with E-state index in [1.165, 1.54) is 35.0 Å². The Morgan fingerprint density at radius 2 is 1.58 bits per heavy atom. The van der Waals surface area contributed by atoms with E-state index in [-0.39, 0.29) is 35.1 Å². The first kappa shape index (κ1) is 25.4. The minimum atomic E-state index is -0.660. The molecule has 0 saturated heterocycles. The summed E-state index contributed by atoms with van der Waals surface area (Å²) in [4.78, 5) is 24.0. The molecule has 0 bridgehead atoms. The largest absolute Gasteiger partial charge is 0.508 e. The molecule has 0 spiro atoms. The van der Waals surface area contributed by atoms with Gasteiger partial charge in [-0.3, -0.25) is 9.59 Å². The second kappa shape index (κ2) is 11.5. The van der Waals surface area contributed by atoms with Crippen LogP contribution in [0.5, 0.6) is 11.5 Å². The van der Waals surface area contributed by atoms with E-state index in [1.807, 2.05) is 27.7 Å². The number of amides is 1. The Kier molecular flexibility index (Phi) is 9.40. The molecule has 0 aliphatic rings. The molecular weight excluding hydrogens is 396 g/mol. The molecule has 4 N–H and O–H groups in total. The van der Waals surface area contributed by atoms with Crippen LogP contribution in [-0.4, -0.2) is 36.9 Å². The summed E-state index contributed by atoms with van der Waals surface area (Å²) in [6.07, 6.45) is 0. The zero-order valence-corrected chi connectivity index (χ0v) is 18.8.